The monoisotopic (exact) mass is 323 g/mol. The second-order valence-corrected chi connectivity index (χ2v) is 4.61. The van der Waals surface area contributed by atoms with Crippen molar-refractivity contribution in [1.82, 2.24) is 0 Å². The van der Waals surface area contributed by atoms with Crippen molar-refractivity contribution in [3.8, 4) is 0 Å². The van der Waals surface area contributed by atoms with Gasteiger partial charge < -0.3 is 12.9 Å². The Morgan fingerprint density at radius 2 is 1.33 bits per heavy atom. The van der Waals surface area contributed by atoms with Crippen LogP contribution in [0.2, 0.25) is 0 Å². The summed E-state index contributed by atoms with van der Waals surface area (Å²) in [6.07, 6.45) is -2.33. The molecule has 1 aromatic heterocycles. The van der Waals surface area contributed by atoms with Crippen molar-refractivity contribution in [1.29, 1.82) is 0 Å². The molecule has 0 atom stereocenters. The third-order valence-electron chi connectivity index (χ3n) is 2.40. The summed E-state index contributed by atoms with van der Waals surface area (Å²) in [6.45, 7) is -0.755. The lowest BCUT2D eigenvalue weighted by atomic mass is 9.80. The van der Waals surface area contributed by atoms with Gasteiger partial charge in [-0.15, -0.1) is 0 Å². The summed E-state index contributed by atoms with van der Waals surface area (Å²) in [6, 6.07) is 4.82. The van der Waals surface area contributed by atoms with E-state index in [4.69, 9.17) is 0 Å². The van der Waals surface area contributed by atoms with Crippen LogP contribution in [0.3, 0.4) is 0 Å². The molecular formula is C11H14BF8N. The summed E-state index contributed by atoms with van der Waals surface area (Å²) in [4.78, 5) is 0. The average Bonchev–Trinajstić information content (AvgIpc) is 2.27. The minimum Gasteiger partial charge on any atom is -0.445 e. The first-order valence-electron chi connectivity index (χ1n) is 5.81. The topological polar surface area (TPSA) is 3.88 Å². The largest absolute Gasteiger partial charge is 0.558 e. The first-order chi connectivity index (χ1) is 9.20. The number of aromatic nitrogens is 1. The Balaban J connectivity index is 0.000000382. The van der Waals surface area contributed by atoms with Crippen LogP contribution in [0.4, 0.5) is 34.9 Å². The first kappa shape index (κ1) is 19.7. The van der Waals surface area contributed by atoms with Crippen LogP contribution in [-0.4, -0.2) is 19.0 Å². The molecule has 1 nitrogen and oxygen atoms in total. The van der Waals surface area contributed by atoms with Gasteiger partial charge in [0.15, 0.2) is 18.4 Å². The van der Waals surface area contributed by atoms with Crippen molar-refractivity contribution < 1.29 is 39.5 Å². The van der Waals surface area contributed by atoms with Crippen LogP contribution in [0, 0.1) is 6.92 Å². The maximum atomic E-state index is 11.2. The van der Waals surface area contributed by atoms with Gasteiger partial charge in [0.1, 0.15) is 0 Å². The van der Waals surface area contributed by atoms with E-state index in [1.807, 2.05) is 0 Å². The Morgan fingerprint density at radius 1 is 0.952 bits per heavy atom. The van der Waals surface area contributed by atoms with E-state index in [2.05, 4.69) is 49.9 Å². The molecule has 0 aromatic carbocycles. The SMILES string of the molecule is Cc1cc[n+](C(C)C)cc1.F[B-](F)(F)C(F)(F)C(F)(F)F. The van der Waals surface area contributed by atoms with Crippen LogP contribution < -0.4 is 4.57 Å². The Hall–Kier alpha value is -1.35. The highest BCUT2D eigenvalue weighted by Gasteiger charge is 2.69. The smallest absolute Gasteiger partial charge is 0.445 e. The molecule has 0 saturated carbocycles. The molecule has 0 saturated heterocycles. The Bertz CT molecular complexity index is 419. The number of hydrogen-bond donors (Lipinski definition) is 0. The van der Waals surface area contributed by atoms with E-state index in [0.29, 0.717) is 6.04 Å². The van der Waals surface area contributed by atoms with Crippen molar-refractivity contribution in [2.24, 2.45) is 0 Å². The zero-order chi connectivity index (χ0) is 17.1. The number of hydrogen-bond acceptors (Lipinski definition) is 0. The molecule has 0 aliphatic heterocycles. The van der Waals surface area contributed by atoms with Gasteiger partial charge in [-0.3, -0.25) is 0 Å². The normalized spacial score (nSPS) is 13.0. The molecule has 0 aliphatic carbocycles. The molecule has 21 heavy (non-hydrogen) atoms. The molecule has 0 unspecified atom stereocenters. The van der Waals surface area contributed by atoms with Crippen molar-refractivity contribution >= 4 is 6.98 Å². The Kier molecular flexibility index (Phi) is 6.19. The van der Waals surface area contributed by atoms with Gasteiger partial charge >= 0.3 is 19.0 Å². The van der Waals surface area contributed by atoms with Gasteiger partial charge in [0.25, 0.3) is 0 Å². The molecule has 1 rings (SSSR count). The summed E-state index contributed by atoms with van der Waals surface area (Å²) in [5, 5.41) is 0. The molecule has 0 bridgehead atoms. The number of aryl methyl sites for hydroxylation is 1. The summed E-state index contributed by atoms with van der Waals surface area (Å²) < 4.78 is 90.0. The Morgan fingerprint density at radius 3 is 1.52 bits per heavy atom. The van der Waals surface area contributed by atoms with Crippen LogP contribution in [0.15, 0.2) is 24.5 Å². The van der Waals surface area contributed by atoms with Gasteiger partial charge in [-0.25, -0.2) is 13.3 Å². The van der Waals surface area contributed by atoms with Crippen LogP contribution in [0.5, 0.6) is 0 Å². The quantitative estimate of drug-likeness (QED) is 0.431. The van der Waals surface area contributed by atoms with Crippen LogP contribution in [0.25, 0.3) is 0 Å². The number of alkyl halides is 5. The lowest BCUT2D eigenvalue weighted by Crippen LogP contribution is -2.53. The molecule has 1 aromatic rings. The fourth-order valence-electron chi connectivity index (χ4n) is 1.04. The highest BCUT2D eigenvalue weighted by Crippen LogP contribution is 2.43. The second kappa shape index (κ2) is 6.61. The van der Waals surface area contributed by atoms with Crippen LogP contribution >= 0.6 is 0 Å². The van der Waals surface area contributed by atoms with E-state index >= 15 is 0 Å². The molecule has 122 valence electrons. The van der Waals surface area contributed by atoms with Crippen molar-refractivity contribution in [2.45, 2.75) is 38.8 Å². The standard InChI is InChI=1S/C9H14N.C2BF8/c1-8(2)10-6-4-9(3)5-7-10;4-1(5,2(6,7)8)3(9,10)11/h4-8H,1-3H3;/q+1;-1. The maximum Gasteiger partial charge on any atom is 0.558 e. The highest BCUT2D eigenvalue weighted by atomic mass is 19.4. The minimum atomic E-state index is -7.21. The fourth-order valence-corrected chi connectivity index (χ4v) is 1.04. The van der Waals surface area contributed by atoms with Crippen molar-refractivity contribution in [2.75, 3.05) is 0 Å². The van der Waals surface area contributed by atoms with Crippen molar-refractivity contribution in [3.63, 3.8) is 0 Å². The minimum absolute atomic E-state index is 0.570. The molecule has 0 amide bonds. The molecule has 1 heterocycles. The van der Waals surface area contributed by atoms with Crippen LogP contribution in [-0.2, 0) is 0 Å². The number of pyridine rings is 1. The third kappa shape index (κ3) is 5.51. The molecule has 0 N–H and O–H groups in total. The van der Waals surface area contributed by atoms with Gasteiger partial charge in [-0.1, -0.05) is 0 Å². The zero-order valence-corrected chi connectivity index (χ0v) is 11.4. The highest BCUT2D eigenvalue weighted by molar-refractivity contribution is 6.61. The molecule has 0 radical (unpaired) electrons. The summed E-state index contributed by atoms with van der Waals surface area (Å²) in [5.41, 5.74) is 1.32. The third-order valence-corrected chi connectivity index (χ3v) is 2.40. The molecule has 10 heteroatoms. The van der Waals surface area contributed by atoms with Gasteiger partial charge in [0.05, 0.1) is 0 Å². The van der Waals surface area contributed by atoms with E-state index in [-0.39, 0.29) is 0 Å². The predicted molar refractivity (Wildman–Crippen MR) is 61.8 cm³/mol. The van der Waals surface area contributed by atoms with E-state index in [1.54, 1.807) is 0 Å². The van der Waals surface area contributed by atoms with Gasteiger partial charge in [-0.2, -0.15) is 13.2 Å². The van der Waals surface area contributed by atoms with Gasteiger partial charge in [0, 0.05) is 12.1 Å². The predicted octanol–water partition coefficient (Wildman–Crippen LogP) is 4.43. The number of nitrogens with zero attached hydrogens (tertiary/aromatic N) is 1. The number of halogens is 8. The summed E-state index contributed by atoms with van der Waals surface area (Å²) >= 11 is 0. The molecule has 0 aliphatic rings. The zero-order valence-electron chi connectivity index (χ0n) is 11.4. The molecule has 0 fully saturated rings. The van der Waals surface area contributed by atoms with Crippen molar-refractivity contribution in [3.05, 3.63) is 30.1 Å². The van der Waals surface area contributed by atoms with E-state index in [9.17, 15) is 34.9 Å². The molecule has 0 spiro atoms. The lowest BCUT2D eigenvalue weighted by molar-refractivity contribution is -0.716. The van der Waals surface area contributed by atoms with E-state index in [1.165, 1.54) is 5.56 Å². The summed E-state index contributed by atoms with van der Waals surface area (Å²) in [5.74, 6) is -6.56. The van der Waals surface area contributed by atoms with Gasteiger partial charge in [0.2, 0.25) is 0 Å². The summed E-state index contributed by atoms with van der Waals surface area (Å²) in [7, 11) is 0. The van der Waals surface area contributed by atoms with Gasteiger partial charge in [-0.05, 0) is 26.3 Å². The maximum absolute atomic E-state index is 11.2. The van der Waals surface area contributed by atoms with Crippen LogP contribution in [0.1, 0.15) is 25.5 Å². The first-order valence-corrected chi connectivity index (χ1v) is 5.81. The lowest BCUT2D eigenvalue weighted by Gasteiger charge is -2.28. The Labute approximate surface area is 116 Å². The molecular weight excluding hydrogens is 309 g/mol. The second-order valence-electron chi connectivity index (χ2n) is 4.61. The average molecular weight is 323 g/mol. The van der Waals surface area contributed by atoms with E-state index < -0.39 is 19.0 Å². The van der Waals surface area contributed by atoms with E-state index in [0.717, 1.165) is 0 Å². The number of rotatable bonds is 2. The fraction of sp³-hybridized carbons (Fsp3) is 0.545.